The van der Waals surface area contributed by atoms with Gasteiger partial charge in [-0.3, -0.25) is 0 Å². The second-order valence-electron chi connectivity index (χ2n) is 32.4. The molecule has 0 radical (unpaired) electrons. The summed E-state index contributed by atoms with van der Waals surface area (Å²) in [7, 11) is 28.3. The molecule has 13 aliphatic rings. The Morgan fingerprint density at radius 2 is 0.808 bits per heavy atom. The van der Waals surface area contributed by atoms with Crippen LogP contribution in [-0.4, -0.2) is 8.07 Å². The molecular formula is C89H136Cl6SiZr3. The quantitative estimate of drug-likeness (QED) is 0.0828. The zero-order chi connectivity index (χ0) is 65.9. The maximum atomic E-state index is 4.93. The summed E-state index contributed by atoms with van der Waals surface area (Å²) in [5.41, 5.74) is 4.43. The van der Waals surface area contributed by atoms with Crippen molar-refractivity contribution in [2.24, 2.45) is 130 Å². The minimum absolute atomic E-state index is 0. The molecule has 0 heterocycles. The number of allylic oxidation sites excluding steroid dienone is 19. The molecule has 0 saturated heterocycles. The molecule has 23 atom stereocenters. The van der Waals surface area contributed by atoms with E-state index >= 15 is 0 Å². The summed E-state index contributed by atoms with van der Waals surface area (Å²) in [4.78, 5) is 0. The number of rotatable bonds is 17. The molecule has 10 heteroatoms. The van der Waals surface area contributed by atoms with Gasteiger partial charge in [0.2, 0.25) is 0 Å². The molecule has 0 aromatic heterocycles. The summed E-state index contributed by atoms with van der Waals surface area (Å²) in [6, 6.07) is 13.5. The van der Waals surface area contributed by atoms with Crippen LogP contribution >= 0.6 is 51.1 Å². The van der Waals surface area contributed by atoms with E-state index in [0.717, 1.165) is 136 Å². The summed E-state index contributed by atoms with van der Waals surface area (Å²) in [5, 5.41) is 0. The van der Waals surface area contributed by atoms with Crippen molar-refractivity contribution in [2.45, 2.75) is 211 Å². The Morgan fingerprint density at radius 3 is 1.23 bits per heavy atom. The topological polar surface area (TPSA) is 0 Å². The van der Waals surface area contributed by atoms with Crippen molar-refractivity contribution < 1.29 is 62.5 Å². The van der Waals surface area contributed by atoms with Crippen molar-refractivity contribution in [3.05, 3.63) is 215 Å². The Bertz CT molecular complexity index is 2690. The Labute approximate surface area is 670 Å². The Kier molecular flexibility index (Phi) is 45.5. The van der Waals surface area contributed by atoms with Crippen LogP contribution in [-0.2, 0) is 68.0 Å². The van der Waals surface area contributed by atoms with Gasteiger partial charge in [0.15, 0.2) is 0 Å². The molecule has 1 aromatic carbocycles. The first kappa shape index (κ1) is 94.2. The van der Waals surface area contributed by atoms with Gasteiger partial charge < -0.3 is 44.6 Å². The molecule has 13 aliphatic carbocycles. The summed E-state index contributed by atoms with van der Waals surface area (Å²) < 4.78 is 0. The molecule has 550 valence electrons. The van der Waals surface area contributed by atoms with E-state index in [0.29, 0.717) is 5.41 Å². The molecule has 99 heavy (non-hydrogen) atoms. The van der Waals surface area contributed by atoms with Gasteiger partial charge in [-0.1, -0.05) is 210 Å². The average Bonchev–Trinajstić information content (AvgIpc) is 1.56. The second-order valence-corrected chi connectivity index (χ2v) is 48.7. The normalized spacial score (nSPS) is 36.1. The first-order valence-electron chi connectivity index (χ1n) is 37.5. The fourth-order valence-corrected chi connectivity index (χ4v) is 27.5. The van der Waals surface area contributed by atoms with Gasteiger partial charge in [-0.15, -0.1) is 19.7 Å². The fourth-order valence-electron chi connectivity index (χ4n) is 24.0. The molecule has 14 rings (SSSR count). The minimum atomic E-state index is -1.33. The SMILES string of the molecule is C=C(C)CCC1CC(CCC2CCC3C=CC=CC32)C2C=CC=CC12.C=CCC1CC(CCC2CCC3C=CC=CC32)C2C=CC=CC12.C=CC[Si](C)(C)C1CC(C(C)(c2ccccc2)C2C3CCCCC3C3CCCCC32)C2CCCCC21.[CH3-].[CH3-].[CH3-].[CH3-].[CH3-].[CH3-].[Cl][Zr+2][Cl].[Cl][Zr+2][Cl].[Cl][Zr+2][Cl]. The fraction of sp³-hybridized carbons (Fsp3) is 0.618. The number of hydrogen-bond acceptors (Lipinski definition) is 0. The van der Waals surface area contributed by atoms with E-state index in [9.17, 15) is 0 Å². The summed E-state index contributed by atoms with van der Waals surface area (Å²) in [6.45, 7) is 22.8. The number of fused-ring (bicyclic) bond motifs is 8. The number of benzene rings is 1. The van der Waals surface area contributed by atoms with E-state index in [4.69, 9.17) is 51.1 Å². The van der Waals surface area contributed by atoms with Crippen LogP contribution < -0.4 is 0 Å². The van der Waals surface area contributed by atoms with Gasteiger partial charge in [0.1, 0.15) is 0 Å². The second kappa shape index (κ2) is 47.8. The predicted molar refractivity (Wildman–Crippen MR) is 439 cm³/mol. The molecule has 1 aromatic rings. The van der Waals surface area contributed by atoms with Crippen molar-refractivity contribution in [2.75, 3.05) is 0 Å². The maximum absolute atomic E-state index is 4.93. The van der Waals surface area contributed by atoms with Crippen LogP contribution in [0.4, 0.5) is 0 Å². The summed E-state index contributed by atoms with van der Waals surface area (Å²) in [5.74, 6) is 19.8. The van der Waals surface area contributed by atoms with Crippen LogP contribution in [0.1, 0.15) is 186 Å². The monoisotopic (exact) mass is 1710 g/mol. The van der Waals surface area contributed by atoms with Gasteiger partial charge in [0.25, 0.3) is 0 Å². The summed E-state index contributed by atoms with van der Waals surface area (Å²) >= 11 is -2.48. The zero-order valence-electron chi connectivity index (χ0n) is 63.5. The average molecular weight is 1720 g/mol. The van der Waals surface area contributed by atoms with Crippen molar-refractivity contribution in [1.29, 1.82) is 0 Å². The van der Waals surface area contributed by atoms with E-state index in [-0.39, 0.29) is 44.6 Å². The molecule has 9 fully saturated rings. The van der Waals surface area contributed by atoms with Gasteiger partial charge in [-0.25, -0.2) is 0 Å². The van der Waals surface area contributed by atoms with Crippen LogP contribution in [0.25, 0.3) is 0 Å². The molecule has 0 amide bonds. The van der Waals surface area contributed by atoms with E-state index < -0.39 is 70.6 Å². The molecule has 23 unspecified atom stereocenters. The first-order valence-corrected chi connectivity index (χ1v) is 59.8. The molecule has 9 saturated carbocycles. The van der Waals surface area contributed by atoms with Gasteiger partial charge in [0, 0.05) is 0 Å². The molecule has 0 N–H and O–H groups in total. The molecule has 0 aliphatic heterocycles. The standard InChI is InChI=1S/C35H54Si.C25H34.C23H30.6CH3.6ClH.3Zr/c1-5-23-36(3,4)33-24-32(28-19-11-12-20-29(28)33)35(2,25-15-7-6-8-16-25)34-30-21-13-9-17-26(30)27-18-10-14-22-31(27)34;1-18(2)11-12-21-17-22(25-10-6-5-9-24(21)25)16-15-20-14-13-19-7-3-4-8-23(19)20;1-2-7-19-16-20(23-11-6-5-10-22(19)23)15-14-18-13-12-17-8-3-4-9-21(17)18;;;;;;;;;;;;;;;/h5-8,15-16,26-34H,1,9-14,17-24H2,2-4H3;3-10,19-25H,1,11-17H2,2H3;2-6,8-11,17-23H,1,7,12-16H2;6*1H3;6*1H;;;/q;;;6*-1;;;;;;;3*+4/p-6. The van der Waals surface area contributed by atoms with Crippen molar-refractivity contribution in [3.8, 4) is 0 Å². The van der Waals surface area contributed by atoms with E-state index in [2.05, 4.69) is 186 Å². The van der Waals surface area contributed by atoms with Crippen molar-refractivity contribution >= 4 is 59.2 Å². The first-order chi connectivity index (χ1) is 45.3. The van der Waals surface area contributed by atoms with Gasteiger partial charge in [-0.2, -0.15) is 0 Å². The Morgan fingerprint density at radius 1 is 0.444 bits per heavy atom. The van der Waals surface area contributed by atoms with Crippen LogP contribution in [0.5, 0.6) is 0 Å². The molecular weight excluding hydrogens is 1580 g/mol. The van der Waals surface area contributed by atoms with E-state index in [1.54, 1.807) is 18.4 Å². The summed E-state index contributed by atoms with van der Waals surface area (Å²) in [6.07, 6.45) is 80.3. The Hall–Kier alpha value is 0.966. The third-order valence-electron chi connectivity index (χ3n) is 27.7. The van der Waals surface area contributed by atoms with Gasteiger partial charge in [0.05, 0.1) is 8.07 Å². The van der Waals surface area contributed by atoms with Crippen molar-refractivity contribution in [3.63, 3.8) is 0 Å². The van der Waals surface area contributed by atoms with Gasteiger partial charge in [-0.05, 0) is 282 Å². The zero-order valence-corrected chi connectivity index (χ0v) is 76.4. The Balaban J connectivity index is 0.000000362. The number of halogens is 6. The third kappa shape index (κ3) is 23.7. The van der Waals surface area contributed by atoms with Crippen LogP contribution in [0.15, 0.2) is 165 Å². The van der Waals surface area contributed by atoms with E-state index in [1.165, 1.54) is 166 Å². The third-order valence-corrected chi connectivity index (χ3v) is 31.7. The molecule has 0 bridgehead atoms. The van der Waals surface area contributed by atoms with Crippen LogP contribution in [0.3, 0.4) is 0 Å². The van der Waals surface area contributed by atoms with Gasteiger partial charge >= 0.3 is 114 Å². The van der Waals surface area contributed by atoms with Crippen molar-refractivity contribution in [1.82, 2.24) is 0 Å². The molecule has 0 spiro atoms. The van der Waals surface area contributed by atoms with Crippen LogP contribution in [0.2, 0.25) is 24.7 Å². The van der Waals surface area contributed by atoms with Crippen LogP contribution in [0, 0.1) is 175 Å². The number of hydrogen-bond donors (Lipinski definition) is 0. The predicted octanol–water partition coefficient (Wildman–Crippen LogP) is 30.1. The molecule has 0 nitrogen and oxygen atoms in total. The van der Waals surface area contributed by atoms with E-state index in [1.807, 2.05) is 0 Å².